The number of nitrogens with one attached hydrogen (secondary N) is 1. The normalized spacial score (nSPS) is 19.5. The fraction of sp³-hybridized carbons (Fsp3) is 0.500. The molecule has 0 radical (unpaired) electrons. The molecule has 2 unspecified atom stereocenters. The highest BCUT2D eigenvalue weighted by Crippen LogP contribution is 2.23. The lowest BCUT2D eigenvalue weighted by Gasteiger charge is -2.19. The zero-order valence-electron chi connectivity index (χ0n) is 12.5. The summed E-state index contributed by atoms with van der Waals surface area (Å²) in [6.07, 6.45) is 0.764. The first-order valence-corrected chi connectivity index (χ1v) is 8.52. The molecule has 1 aromatic rings. The van der Waals surface area contributed by atoms with Gasteiger partial charge in [0.15, 0.2) is 18.2 Å². The lowest BCUT2D eigenvalue weighted by Crippen LogP contribution is -2.38. The fourth-order valence-corrected chi connectivity index (χ4v) is 3.59. The predicted molar refractivity (Wildman–Crippen MR) is 78.2 cm³/mol. The molecule has 1 aliphatic heterocycles. The first kappa shape index (κ1) is 17.6. The molecule has 23 heavy (non-hydrogen) atoms. The number of ether oxygens (including phenoxy) is 2. The molecule has 1 aromatic carbocycles. The number of hydrogen-bond donors (Lipinski definition) is 2. The van der Waals surface area contributed by atoms with Crippen LogP contribution < -0.4 is 9.46 Å². The van der Waals surface area contributed by atoms with Gasteiger partial charge in [0.05, 0.1) is 11.5 Å². The Morgan fingerprint density at radius 1 is 1.57 bits per heavy atom. The summed E-state index contributed by atoms with van der Waals surface area (Å²) in [4.78, 5) is 10.1. The summed E-state index contributed by atoms with van der Waals surface area (Å²) in [5.41, 5.74) is 0. The number of carboxylic acids is 1. The van der Waals surface area contributed by atoms with Crippen LogP contribution in [-0.4, -0.2) is 45.4 Å². The summed E-state index contributed by atoms with van der Waals surface area (Å²) in [5.74, 6) is -2.43. The van der Waals surface area contributed by atoms with Crippen LogP contribution in [0.15, 0.2) is 23.1 Å². The molecule has 1 saturated heterocycles. The number of carboxylic acid groups (broad SMARTS) is 1. The number of hydrogen-bond acceptors (Lipinski definition) is 5. The molecule has 0 spiro atoms. The Morgan fingerprint density at radius 3 is 2.87 bits per heavy atom. The number of halogens is 1. The van der Waals surface area contributed by atoms with Crippen molar-refractivity contribution >= 4 is 16.0 Å². The second-order valence-corrected chi connectivity index (χ2v) is 7.02. The topological polar surface area (TPSA) is 102 Å². The predicted octanol–water partition coefficient (Wildman–Crippen LogP) is 0.992. The van der Waals surface area contributed by atoms with Crippen LogP contribution in [0.4, 0.5) is 4.39 Å². The van der Waals surface area contributed by atoms with Gasteiger partial charge in [0.2, 0.25) is 10.0 Å². The standard InChI is InChI=1S/C14H18FNO6S/c1-9(10-4-5-21-7-10)16-23(19,20)11-2-3-13(12(15)6-11)22-8-14(17)18/h2-3,6,9-10,16H,4-5,7-8H2,1H3,(H,17,18). The van der Waals surface area contributed by atoms with Crippen molar-refractivity contribution in [1.29, 1.82) is 0 Å². The number of benzene rings is 1. The van der Waals surface area contributed by atoms with Crippen LogP contribution in [0.3, 0.4) is 0 Å². The summed E-state index contributed by atoms with van der Waals surface area (Å²) in [7, 11) is -3.88. The maximum Gasteiger partial charge on any atom is 0.341 e. The van der Waals surface area contributed by atoms with Crippen molar-refractivity contribution in [3.8, 4) is 5.75 Å². The van der Waals surface area contributed by atoms with Gasteiger partial charge in [-0.15, -0.1) is 0 Å². The Labute approximate surface area is 133 Å². The Morgan fingerprint density at radius 2 is 2.30 bits per heavy atom. The van der Waals surface area contributed by atoms with Gasteiger partial charge in [-0.05, 0) is 31.5 Å². The van der Waals surface area contributed by atoms with Crippen LogP contribution in [-0.2, 0) is 19.6 Å². The lowest BCUT2D eigenvalue weighted by atomic mass is 10.0. The molecule has 0 aromatic heterocycles. The highest BCUT2D eigenvalue weighted by molar-refractivity contribution is 7.89. The van der Waals surface area contributed by atoms with Crippen LogP contribution in [0, 0.1) is 11.7 Å². The van der Waals surface area contributed by atoms with Crippen molar-refractivity contribution in [1.82, 2.24) is 4.72 Å². The second kappa shape index (κ2) is 7.24. The van der Waals surface area contributed by atoms with Crippen molar-refractivity contribution in [3.63, 3.8) is 0 Å². The van der Waals surface area contributed by atoms with Gasteiger partial charge in [0.25, 0.3) is 0 Å². The first-order valence-electron chi connectivity index (χ1n) is 7.04. The summed E-state index contributed by atoms with van der Waals surface area (Å²) in [6, 6.07) is 2.72. The summed E-state index contributed by atoms with van der Waals surface area (Å²) in [6.45, 7) is 2.11. The molecule has 0 amide bonds. The molecule has 1 fully saturated rings. The minimum absolute atomic E-state index is 0.0767. The third-order valence-electron chi connectivity index (χ3n) is 3.58. The third kappa shape index (κ3) is 4.63. The van der Waals surface area contributed by atoms with E-state index < -0.39 is 28.4 Å². The van der Waals surface area contributed by atoms with Gasteiger partial charge < -0.3 is 14.6 Å². The SMILES string of the molecule is CC(NS(=O)(=O)c1ccc(OCC(=O)O)c(F)c1)C1CCOC1. The Hall–Kier alpha value is -1.71. The number of aliphatic carboxylic acids is 1. The molecular formula is C14H18FNO6S. The molecule has 1 heterocycles. The third-order valence-corrected chi connectivity index (χ3v) is 5.13. The van der Waals surface area contributed by atoms with E-state index in [1.807, 2.05) is 0 Å². The van der Waals surface area contributed by atoms with Crippen molar-refractivity contribution < 1.29 is 32.2 Å². The minimum atomic E-state index is -3.88. The van der Waals surface area contributed by atoms with Crippen molar-refractivity contribution in [3.05, 3.63) is 24.0 Å². The monoisotopic (exact) mass is 347 g/mol. The van der Waals surface area contributed by atoms with Gasteiger partial charge in [0.1, 0.15) is 0 Å². The lowest BCUT2D eigenvalue weighted by molar-refractivity contribution is -0.139. The number of sulfonamides is 1. The Balaban J connectivity index is 2.09. The van der Waals surface area contributed by atoms with E-state index >= 15 is 0 Å². The zero-order chi connectivity index (χ0) is 17.0. The number of carbonyl (C=O) groups is 1. The Bertz CT molecular complexity index is 672. The molecule has 1 aliphatic rings. The van der Waals surface area contributed by atoms with Crippen molar-refractivity contribution in [2.24, 2.45) is 5.92 Å². The van der Waals surface area contributed by atoms with Gasteiger partial charge in [0, 0.05) is 18.6 Å². The van der Waals surface area contributed by atoms with Crippen LogP contribution >= 0.6 is 0 Å². The summed E-state index contributed by atoms with van der Waals surface area (Å²) in [5, 5.41) is 8.49. The van der Waals surface area contributed by atoms with Crippen LogP contribution in [0.1, 0.15) is 13.3 Å². The van der Waals surface area contributed by atoms with E-state index in [9.17, 15) is 17.6 Å². The van der Waals surface area contributed by atoms with Crippen LogP contribution in [0.2, 0.25) is 0 Å². The van der Waals surface area contributed by atoms with Gasteiger partial charge in [-0.25, -0.2) is 22.3 Å². The van der Waals surface area contributed by atoms with Gasteiger partial charge >= 0.3 is 5.97 Å². The van der Waals surface area contributed by atoms with Crippen LogP contribution in [0.25, 0.3) is 0 Å². The summed E-state index contributed by atoms with van der Waals surface area (Å²) < 4.78 is 50.8. The van der Waals surface area contributed by atoms with E-state index in [0.29, 0.717) is 13.2 Å². The van der Waals surface area contributed by atoms with E-state index in [-0.39, 0.29) is 22.6 Å². The van der Waals surface area contributed by atoms with Gasteiger partial charge in [-0.1, -0.05) is 0 Å². The highest BCUT2D eigenvalue weighted by atomic mass is 32.2. The van der Waals surface area contributed by atoms with Crippen molar-refractivity contribution in [2.75, 3.05) is 19.8 Å². The van der Waals surface area contributed by atoms with E-state index in [0.717, 1.165) is 18.6 Å². The first-order chi connectivity index (χ1) is 10.8. The number of rotatable bonds is 7. The zero-order valence-corrected chi connectivity index (χ0v) is 13.3. The molecule has 0 saturated carbocycles. The molecule has 2 N–H and O–H groups in total. The van der Waals surface area contributed by atoms with Gasteiger partial charge in [-0.3, -0.25) is 0 Å². The average molecular weight is 347 g/mol. The average Bonchev–Trinajstić information content (AvgIpc) is 2.99. The van der Waals surface area contributed by atoms with E-state index in [4.69, 9.17) is 14.6 Å². The molecule has 0 bridgehead atoms. The molecule has 7 nitrogen and oxygen atoms in total. The maximum absolute atomic E-state index is 13.8. The largest absolute Gasteiger partial charge is 0.479 e. The molecule has 0 aliphatic carbocycles. The summed E-state index contributed by atoms with van der Waals surface area (Å²) >= 11 is 0. The highest BCUT2D eigenvalue weighted by Gasteiger charge is 2.27. The molecule has 2 atom stereocenters. The van der Waals surface area contributed by atoms with E-state index in [1.54, 1.807) is 6.92 Å². The smallest absolute Gasteiger partial charge is 0.341 e. The Kier molecular flexibility index (Phi) is 5.55. The fourth-order valence-electron chi connectivity index (χ4n) is 2.26. The van der Waals surface area contributed by atoms with Crippen molar-refractivity contribution in [2.45, 2.75) is 24.3 Å². The van der Waals surface area contributed by atoms with E-state index in [2.05, 4.69) is 4.72 Å². The minimum Gasteiger partial charge on any atom is -0.479 e. The van der Waals surface area contributed by atoms with E-state index in [1.165, 1.54) is 6.07 Å². The van der Waals surface area contributed by atoms with Gasteiger partial charge in [-0.2, -0.15) is 0 Å². The maximum atomic E-state index is 13.8. The molecule has 128 valence electrons. The molecular weight excluding hydrogens is 329 g/mol. The quantitative estimate of drug-likeness (QED) is 0.763. The molecule has 9 heteroatoms. The molecule has 2 rings (SSSR count). The second-order valence-electron chi connectivity index (χ2n) is 5.31. The van der Waals surface area contributed by atoms with Crippen LogP contribution in [0.5, 0.6) is 5.75 Å².